The first-order chi connectivity index (χ1) is 14.7. The van der Waals surface area contributed by atoms with E-state index in [9.17, 15) is 18.0 Å². The molecule has 0 saturated carbocycles. The first-order valence-corrected chi connectivity index (χ1v) is 12.6. The lowest BCUT2D eigenvalue weighted by molar-refractivity contribution is -0.153. The molecule has 1 aromatic carbocycles. The third-order valence-corrected chi connectivity index (χ3v) is 8.28. The van der Waals surface area contributed by atoms with Crippen molar-refractivity contribution >= 4 is 38.9 Å². The van der Waals surface area contributed by atoms with Crippen molar-refractivity contribution in [1.82, 2.24) is 4.31 Å². The minimum absolute atomic E-state index is 0.0192. The van der Waals surface area contributed by atoms with Crippen molar-refractivity contribution in [2.75, 3.05) is 18.9 Å². The predicted molar refractivity (Wildman–Crippen MR) is 123 cm³/mol. The molecule has 2 atom stereocenters. The Morgan fingerprint density at radius 3 is 2.52 bits per heavy atom. The number of amides is 1. The van der Waals surface area contributed by atoms with Gasteiger partial charge in [-0.05, 0) is 48.8 Å². The topological polar surface area (TPSA) is 92.8 Å². The number of carbonyl (C=O) groups excluding carboxylic acids is 2. The maximum absolute atomic E-state index is 12.5. The van der Waals surface area contributed by atoms with Crippen molar-refractivity contribution in [3.63, 3.8) is 0 Å². The number of thiophene rings is 1. The van der Waals surface area contributed by atoms with Gasteiger partial charge in [-0.1, -0.05) is 38.1 Å². The SMILES string of the molecule is CCC(C)c1ccccc1NC(=O)C(C)OC(=O)CCCN(C)S(=O)(=O)c1cccs1. The van der Waals surface area contributed by atoms with Crippen molar-refractivity contribution in [1.29, 1.82) is 0 Å². The molecule has 1 amide bonds. The summed E-state index contributed by atoms with van der Waals surface area (Å²) < 4.78 is 31.5. The number of rotatable bonds is 11. The van der Waals surface area contributed by atoms with E-state index in [1.165, 1.54) is 18.3 Å². The summed E-state index contributed by atoms with van der Waals surface area (Å²) >= 11 is 1.15. The number of esters is 1. The fourth-order valence-corrected chi connectivity index (χ4v) is 5.34. The zero-order valence-corrected chi connectivity index (χ0v) is 20.0. The normalized spacial score (nSPS) is 13.6. The van der Waals surface area contributed by atoms with Crippen LogP contribution in [0.15, 0.2) is 46.0 Å². The summed E-state index contributed by atoms with van der Waals surface area (Å²) in [6.07, 6.45) is 0.301. The van der Waals surface area contributed by atoms with Gasteiger partial charge >= 0.3 is 5.97 Å². The highest BCUT2D eigenvalue weighted by Crippen LogP contribution is 2.26. The number of hydrogen-bond donors (Lipinski definition) is 1. The van der Waals surface area contributed by atoms with Gasteiger partial charge in [-0.2, -0.15) is 0 Å². The van der Waals surface area contributed by atoms with Crippen LogP contribution in [0.4, 0.5) is 5.69 Å². The van der Waals surface area contributed by atoms with Crippen molar-refractivity contribution in [2.45, 2.75) is 56.3 Å². The molecule has 1 heterocycles. The van der Waals surface area contributed by atoms with Gasteiger partial charge in [-0.25, -0.2) is 12.7 Å². The molecule has 0 aliphatic carbocycles. The number of hydrogen-bond acceptors (Lipinski definition) is 6. The average molecular weight is 467 g/mol. The highest BCUT2D eigenvalue weighted by molar-refractivity contribution is 7.91. The van der Waals surface area contributed by atoms with Crippen LogP contribution in [0.1, 0.15) is 51.5 Å². The van der Waals surface area contributed by atoms with Crippen molar-refractivity contribution < 1.29 is 22.7 Å². The van der Waals surface area contributed by atoms with Gasteiger partial charge in [0.2, 0.25) is 0 Å². The molecule has 0 aliphatic heterocycles. The van der Waals surface area contributed by atoms with E-state index in [0.29, 0.717) is 12.1 Å². The van der Waals surface area contributed by atoms with Crippen LogP contribution in [0.5, 0.6) is 0 Å². The number of ether oxygens (including phenoxy) is 1. The highest BCUT2D eigenvalue weighted by Gasteiger charge is 2.23. The number of para-hydroxylation sites is 1. The number of sulfonamides is 1. The number of anilines is 1. The van der Waals surface area contributed by atoms with E-state index in [2.05, 4.69) is 19.2 Å². The monoisotopic (exact) mass is 466 g/mol. The Balaban J connectivity index is 1.83. The predicted octanol–water partition coefficient (Wildman–Crippen LogP) is 4.23. The van der Waals surface area contributed by atoms with Gasteiger partial charge in [-0.3, -0.25) is 9.59 Å². The largest absolute Gasteiger partial charge is 0.453 e. The molecule has 0 radical (unpaired) electrons. The molecular formula is C22H30N2O5S2. The van der Waals surface area contributed by atoms with E-state index >= 15 is 0 Å². The fourth-order valence-electron chi connectivity index (χ4n) is 2.93. The lowest BCUT2D eigenvalue weighted by Crippen LogP contribution is -2.31. The summed E-state index contributed by atoms with van der Waals surface area (Å²) in [6.45, 7) is 5.87. The van der Waals surface area contributed by atoms with Crippen molar-refractivity contribution in [3.8, 4) is 0 Å². The Labute approximate surface area is 188 Å². The number of nitrogens with one attached hydrogen (secondary N) is 1. The molecule has 9 heteroatoms. The Morgan fingerprint density at radius 1 is 1.16 bits per heavy atom. The minimum Gasteiger partial charge on any atom is -0.453 e. The van der Waals surface area contributed by atoms with Crippen LogP contribution in [0.3, 0.4) is 0 Å². The first kappa shape index (κ1) is 25.0. The van der Waals surface area contributed by atoms with Crippen molar-refractivity contribution in [2.24, 2.45) is 0 Å². The zero-order chi connectivity index (χ0) is 23.0. The van der Waals surface area contributed by atoms with E-state index in [0.717, 1.165) is 23.3 Å². The summed E-state index contributed by atoms with van der Waals surface area (Å²) in [6, 6.07) is 10.8. The molecule has 0 fully saturated rings. The van der Waals surface area contributed by atoms with E-state index in [4.69, 9.17) is 4.74 Å². The van der Waals surface area contributed by atoms with E-state index in [1.807, 2.05) is 24.3 Å². The van der Waals surface area contributed by atoms with Gasteiger partial charge < -0.3 is 10.1 Å². The summed E-state index contributed by atoms with van der Waals surface area (Å²) in [4.78, 5) is 24.6. The van der Waals surface area contributed by atoms with Crippen LogP contribution >= 0.6 is 11.3 Å². The molecule has 0 spiro atoms. The van der Waals surface area contributed by atoms with Gasteiger partial charge in [0.1, 0.15) is 4.21 Å². The van der Waals surface area contributed by atoms with E-state index in [1.54, 1.807) is 17.5 Å². The molecule has 2 unspecified atom stereocenters. The number of benzene rings is 1. The molecule has 2 rings (SSSR count). The van der Waals surface area contributed by atoms with Gasteiger partial charge in [0.05, 0.1) is 0 Å². The highest BCUT2D eigenvalue weighted by atomic mass is 32.2. The van der Waals surface area contributed by atoms with Gasteiger partial charge in [0.25, 0.3) is 15.9 Å². The smallest absolute Gasteiger partial charge is 0.306 e. The maximum atomic E-state index is 12.5. The Kier molecular flexibility index (Phi) is 9.21. The third-order valence-electron chi connectivity index (χ3n) is 5.05. The summed E-state index contributed by atoms with van der Waals surface area (Å²) in [7, 11) is -2.07. The molecule has 170 valence electrons. The standard InChI is InChI=1S/C22H30N2O5S2/c1-5-16(2)18-10-6-7-11-19(18)23-22(26)17(3)29-20(25)12-8-14-24(4)31(27,28)21-13-9-15-30-21/h6-7,9-11,13,15-17H,5,8,12,14H2,1-4H3,(H,23,26). The quantitative estimate of drug-likeness (QED) is 0.500. The second kappa shape index (κ2) is 11.4. The van der Waals surface area contributed by atoms with Crippen LogP contribution in [0, 0.1) is 0 Å². The lowest BCUT2D eigenvalue weighted by Gasteiger charge is -2.18. The van der Waals surface area contributed by atoms with E-state index in [-0.39, 0.29) is 23.1 Å². The minimum atomic E-state index is -3.54. The van der Waals surface area contributed by atoms with Gasteiger partial charge in [0.15, 0.2) is 6.10 Å². The molecule has 1 N–H and O–H groups in total. The lowest BCUT2D eigenvalue weighted by atomic mass is 9.97. The van der Waals surface area contributed by atoms with Crippen LogP contribution in [-0.2, 0) is 24.3 Å². The fraction of sp³-hybridized carbons (Fsp3) is 0.455. The van der Waals surface area contributed by atoms with Crippen molar-refractivity contribution in [3.05, 3.63) is 47.3 Å². The zero-order valence-electron chi connectivity index (χ0n) is 18.3. The Morgan fingerprint density at radius 2 is 1.87 bits per heavy atom. The van der Waals surface area contributed by atoms with Crippen LogP contribution in [0.25, 0.3) is 0 Å². The molecule has 31 heavy (non-hydrogen) atoms. The number of carbonyl (C=O) groups is 2. The van der Waals surface area contributed by atoms with Gasteiger partial charge in [-0.15, -0.1) is 11.3 Å². The maximum Gasteiger partial charge on any atom is 0.306 e. The van der Waals surface area contributed by atoms with Crippen LogP contribution in [-0.4, -0.2) is 44.3 Å². The second-order valence-corrected chi connectivity index (χ2v) is 10.6. The third kappa shape index (κ3) is 6.88. The van der Waals surface area contributed by atoms with E-state index < -0.39 is 28.0 Å². The molecule has 0 saturated heterocycles. The second-order valence-electron chi connectivity index (χ2n) is 7.38. The average Bonchev–Trinajstić information content (AvgIpc) is 3.29. The summed E-state index contributed by atoms with van der Waals surface area (Å²) in [5.41, 5.74) is 1.75. The number of nitrogens with zero attached hydrogens (tertiary/aromatic N) is 1. The van der Waals surface area contributed by atoms with Gasteiger partial charge in [0, 0.05) is 25.7 Å². The van der Waals surface area contributed by atoms with Crippen LogP contribution < -0.4 is 5.32 Å². The first-order valence-electron chi connectivity index (χ1n) is 10.3. The Hall–Kier alpha value is -2.23. The molecule has 2 aromatic rings. The molecular weight excluding hydrogens is 436 g/mol. The molecule has 0 aliphatic rings. The summed E-state index contributed by atoms with van der Waals surface area (Å²) in [5, 5.41) is 4.54. The molecule has 0 bridgehead atoms. The molecule has 1 aromatic heterocycles. The Bertz CT molecular complexity index is 974. The molecule has 7 nitrogen and oxygen atoms in total. The van der Waals surface area contributed by atoms with Crippen LogP contribution in [0.2, 0.25) is 0 Å². The summed E-state index contributed by atoms with van der Waals surface area (Å²) in [5.74, 6) is -0.655.